The van der Waals surface area contributed by atoms with Crippen molar-refractivity contribution in [3.63, 3.8) is 0 Å². The molecule has 7 nitrogen and oxygen atoms in total. The minimum absolute atomic E-state index is 0.106. The largest absolute Gasteiger partial charge is 0.495 e. The molecule has 0 fully saturated rings. The van der Waals surface area contributed by atoms with Crippen LogP contribution in [0.1, 0.15) is 28.4 Å². The molecule has 1 heterocycles. The van der Waals surface area contributed by atoms with E-state index < -0.39 is 0 Å². The SMILES string of the molecule is CCc1cccc(Oc2nc(Nc3cc(Cl)c(C)cc3OC)ncc2Cl)c1C(=O)NC. The van der Waals surface area contributed by atoms with Crippen molar-refractivity contribution in [1.82, 2.24) is 15.3 Å². The van der Waals surface area contributed by atoms with Crippen molar-refractivity contribution < 1.29 is 14.3 Å². The molecule has 0 bridgehead atoms. The second kappa shape index (κ2) is 9.85. The highest BCUT2D eigenvalue weighted by Gasteiger charge is 2.18. The monoisotopic (exact) mass is 460 g/mol. The molecule has 0 radical (unpaired) electrons. The second-order valence-electron chi connectivity index (χ2n) is 6.60. The average Bonchev–Trinajstić information content (AvgIpc) is 2.77. The van der Waals surface area contributed by atoms with Gasteiger partial charge < -0.3 is 20.1 Å². The Hall–Kier alpha value is -3.03. The summed E-state index contributed by atoms with van der Waals surface area (Å²) < 4.78 is 11.3. The summed E-state index contributed by atoms with van der Waals surface area (Å²) in [6, 6.07) is 8.91. The molecule has 0 spiro atoms. The molecule has 0 aliphatic carbocycles. The van der Waals surface area contributed by atoms with E-state index in [-0.39, 0.29) is 22.8 Å². The van der Waals surface area contributed by atoms with Gasteiger partial charge in [-0.1, -0.05) is 42.3 Å². The number of nitrogens with zero attached hydrogens (tertiary/aromatic N) is 2. The van der Waals surface area contributed by atoms with Crippen molar-refractivity contribution in [2.24, 2.45) is 0 Å². The van der Waals surface area contributed by atoms with E-state index in [9.17, 15) is 4.79 Å². The van der Waals surface area contributed by atoms with Gasteiger partial charge in [0.25, 0.3) is 5.91 Å². The predicted octanol–water partition coefficient (Wildman–Crippen LogP) is 5.56. The molecule has 9 heteroatoms. The molecule has 0 saturated heterocycles. The Morgan fingerprint density at radius 3 is 2.61 bits per heavy atom. The fourth-order valence-corrected chi connectivity index (χ4v) is 3.26. The summed E-state index contributed by atoms with van der Waals surface area (Å²) in [6.07, 6.45) is 2.08. The van der Waals surface area contributed by atoms with Gasteiger partial charge in [-0.05, 0) is 42.7 Å². The van der Waals surface area contributed by atoms with Crippen molar-refractivity contribution in [2.75, 3.05) is 19.5 Å². The number of carbonyl (C=O) groups excluding carboxylic acids is 1. The Labute approximate surface area is 190 Å². The number of benzene rings is 2. The van der Waals surface area contributed by atoms with Crippen LogP contribution in [0.3, 0.4) is 0 Å². The summed E-state index contributed by atoms with van der Waals surface area (Å²) in [5.41, 5.74) is 2.75. The summed E-state index contributed by atoms with van der Waals surface area (Å²) in [5.74, 6) is 1.01. The lowest BCUT2D eigenvalue weighted by Crippen LogP contribution is -2.20. The number of ether oxygens (including phenoxy) is 2. The molecule has 2 N–H and O–H groups in total. The molecule has 2 aromatic carbocycles. The topological polar surface area (TPSA) is 85.4 Å². The smallest absolute Gasteiger partial charge is 0.255 e. The Balaban J connectivity index is 1.97. The molecular weight excluding hydrogens is 439 g/mol. The second-order valence-corrected chi connectivity index (χ2v) is 7.41. The molecule has 3 aromatic rings. The van der Waals surface area contributed by atoms with Crippen molar-refractivity contribution in [3.8, 4) is 17.4 Å². The molecule has 0 saturated carbocycles. The molecule has 162 valence electrons. The standard InChI is InChI=1S/C22H22Cl2N4O3/c1-5-13-7-6-8-17(19(13)20(29)25-3)31-21-15(24)11-26-22(28-21)27-16-10-14(23)12(2)9-18(16)30-4/h6-11H,5H2,1-4H3,(H,25,29)(H,26,27,28). The maximum absolute atomic E-state index is 12.4. The lowest BCUT2D eigenvalue weighted by molar-refractivity contribution is 0.0960. The summed E-state index contributed by atoms with van der Waals surface area (Å²) in [6.45, 7) is 3.85. The van der Waals surface area contributed by atoms with Crippen LogP contribution in [0.4, 0.5) is 11.6 Å². The maximum atomic E-state index is 12.4. The number of aryl methyl sites for hydroxylation is 2. The van der Waals surface area contributed by atoms with E-state index >= 15 is 0 Å². The van der Waals surface area contributed by atoms with Gasteiger partial charge in [-0.25, -0.2) is 4.98 Å². The van der Waals surface area contributed by atoms with Crippen LogP contribution in [-0.2, 0) is 6.42 Å². The number of carbonyl (C=O) groups is 1. The summed E-state index contributed by atoms with van der Waals surface area (Å²) in [4.78, 5) is 21.0. The molecule has 1 amide bonds. The minimum Gasteiger partial charge on any atom is -0.495 e. The number of methoxy groups -OCH3 is 1. The zero-order chi connectivity index (χ0) is 22.5. The van der Waals surface area contributed by atoms with Gasteiger partial charge in [-0.3, -0.25) is 4.79 Å². The Bertz CT molecular complexity index is 1120. The molecule has 31 heavy (non-hydrogen) atoms. The summed E-state index contributed by atoms with van der Waals surface area (Å²) in [7, 11) is 3.13. The minimum atomic E-state index is -0.255. The van der Waals surface area contributed by atoms with Crippen LogP contribution >= 0.6 is 23.2 Å². The molecule has 0 unspecified atom stereocenters. The zero-order valence-electron chi connectivity index (χ0n) is 17.5. The van der Waals surface area contributed by atoms with Crippen LogP contribution in [0.25, 0.3) is 0 Å². The lowest BCUT2D eigenvalue weighted by Gasteiger charge is -2.15. The van der Waals surface area contributed by atoms with Crippen LogP contribution in [0.2, 0.25) is 10.0 Å². The van der Waals surface area contributed by atoms with Crippen molar-refractivity contribution in [2.45, 2.75) is 20.3 Å². The number of nitrogens with one attached hydrogen (secondary N) is 2. The van der Waals surface area contributed by atoms with Gasteiger partial charge >= 0.3 is 0 Å². The third kappa shape index (κ3) is 5.00. The van der Waals surface area contributed by atoms with E-state index in [2.05, 4.69) is 20.6 Å². The number of amides is 1. The third-order valence-corrected chi connectivity index (χ3v) is 5.26. The van der Waals surface area contributed by atoms with E-state index in [1.54, 1.807) is 26.3 Å². The van der Waals surface area contributed by atoms with Crippen molar-refractivity contribution in [3.05, 3.63) is 63.3 Å². The fraction of sp³-hybridized carbons (Fsp3) is 0.227. The van der Waals surface area contributed by atoms with E-state index in [0.29, 0.717) is 34.2 Å². The molecule has 0 atom stereocenters. The van der Waals surface area contributed by atoms with Crippen LogP contribution in [0.15, 0.2) is 36.5 Å². The molecular formula is C22H22Cl2N4O3. The normalized spacial score (nSPS) is 10.5. The molecule has 3 rings (SSSR count). The highest BCUT2D eigenvalue weighted by molar-refractivity contribution is 6.32. The van der Waals surface area contributed by atoms with Gasteiger partial charge in [0.2, 0.25) is 11.8 Å². The number of rotatable bonds is 7. The van der Waals surface area contributed by atoms with E-state index in [1.807, 2.05) is 32.0 Å². The quantitative estimate of drug-likeness (QED) is 0.479. The average molecular weight is 461 g/mol. The van der Waals surface area contributed by atoms with Crippen molar-refractivity contribution >= 4 is 40.7 Å². The van der Waals surface area contributed by atoms with Crippen molar-refractivity contribution in [1.29, 1.82) is 0 Å². The van der Waals surface area contributed by atoms with Gasteiger partial charge in [0, 0.05) is 12.1 Å². The van der Waals surface area contributed by atoms with Crippen LogP contribution in [-0.4, -0.2) is 30.0 Å². The third-order valence-electron chi connectivity index (χ3n) is 4.59. The number of hydrogen-bond donors (Lipinski definition) is 2. The Kier molecular flexibility index (Phi) is 7.20. The number of halogens is 2. The van der Waals surface area contributed by atoms with Gasteiger partial charge in [0.05, 0.1) is 24.6 Å². The van der Waals surface area contributed by atoms with E-state index in [1.165, 1.54) is 6.20 Å². The predicted molar refractivity (Wildman–Crippen MR) is 122 cm³/mol. The first kappa shape index (κ1) is 22.7. The highest BCUT2D eigenvalue weighted by Crippen LogP contribution is 2.35. The molecule has 0 aliphatic rings. The number of hydrogen-bond acceptors (Lipinski definition) is 6. The lowest BCUT2D eigenvalue weighted by atomic mass is 10.0. The first-order valence-electron chi connectivity index (χ1n) is 9.53. The van der Waals surface area contributed by atoms with Gasteiger partial charge in [0.15, 0.2) is 0 Å². The fourth-order valence-electron chi connectivity index (χ4n) is 2.97. The van der Waals surface area contributed by atoms with E-state index in [4.69, 9.17) is 32.7 Å². The van der Waals surface area contributed by atoms with E-state index in [0.717, 1.165) is 11.1 Å². The number of aromatic nitrogens is 2. The summed E-state index contributed by atoms with van der Waals surface area (Å²) in [5, 5.41) is 6.47. The Morgan fingerprint density at radius 2 is 1.94 bits per heavy atom. The molecule has 0 aliphatic heterocycles. The van der Waals surface area contributed by atoms with Crippen LogP contribution in [0.5, 0.6) is 17.4 Å². The zero-order valence-corrected chi connectivity index (χ0v) is 19.1. The van der Waals surface area contributed by atoms with Gasteiger partial charge in [0.1, 0.15) is 16.5 Å². The van der Waals surface area contributed by atoms with Crippen LogP contribution in [0, 0.1) is 6.92 Å². The van der Waals surface area contributed by atoms with Gasteiger partial charge in [-0.2, -0.15) is 4.98 Å². The number of anilines is 2. The maximum Gasteiger partial charge on any atom is 0.255 e. The first-order chi connectivity index (χ1) is 14.9. The van der Waals surface area contributed by atoms with Gasteiger partial charge in [-0.15, -0.1) is 0 Å². The summed E-state index contributed by atoms with van der Waals surface area (Å²) >= 11 is 12.5. The highest BCUT2D eigenvalue weighted by atomic mass is 35.5. The Morgan fingerprint density at radius 1 is 1.16 bits per heavy atom. The molecule has 1 aromatic heterocycles. The van der Waals surface area contributed by atoms with Crippen LogP contribution < -0.4 is 20.1 Å². The first-order valence-corrected chi connectivity index (χ1v) is 10.3.